The molecule has 1 saturated carbocycles. The van der Waals surface area contributed by atoms with Crippen LogP contribution in [0.4, 0.5) is 5.82 Å². The molecule has 1 aliphatic rings. The molecule has 1 aliphatic carbocycles. The lowest BCUT2D eigenvalue weighted by Crippen LogP contribution is -2.04. The highest BCUT2D eigenvalue weighted by molar-refractivity contribution is 5.89. The van der Waals surface area contributed by atoms with Crippen molar-refractivity contribution >= 4 is 16.9 Å². The number of hydrogen-bond donors (Lipinski definition) is 1. The highest BCUT2D eigenvalue weighted by atomic mass is 15.3. The Morgan fingerprint density at radius 1 is 1.40 bits per heavy atom. The van der Waals surface area contributed by atoms with Crippen LogP contribution >= 0.6 is 0 Å². The lowest BCUT2D eigenvalue weighted by Gasteiger charge is -2.04. The van der Waals surface area contributed by atoms with Crippen LogP contribution < -0.4 is 5.32 Å². The van der Waals surface area contributed by atoms with Crippen molar-refractivity contribution in [1.29, 1.82) is 0 Å². The van der Waals surface area contributed by atoms with Gasteiger partial charge in [-0.2, -0.15) is 5.10 Å². The van der Waals surface area contributed by atoms with Crippen molar-refractivity contribution in [2.75, 3.05) is 5.32 Å². The van der Waals surface area contributed by atoms with Crippen molar-refractivity contribution in [1.82, 2.24) is 19.7 Å². The van der Waals surface area contributed by atoms with Crippen molar-refractivity contribution in [3.8, 4) is 0 Å². The van der Waals surface area contributed by atoms with Crippen molar-refractivity contribution < 1.29 is 0 Å². The van der Waals surface area contributed by atoms with Gasteiger partial charge in [-0.1, -0.05) is 0 Å². The van der Waals surface area contributed by atoms with Crippen LogP contribution in [0.1, 0.15) is 18.5 Å². The van der Waals surface area contributed by atoms with Gasteiger partial charge >= 0.3 is 0 Å². The Labute approximate surface area is 87.5 Å². The van der Waals surface area contributed by atoms with Gasteiger partial charge < -0.3 is 5.32 Å². The summed E-state index contributed by atoms with van der Waals surface area (Å²) in [4.78, 5) is 8.52. The molecule has 0 saturated heterocycles. The molecule has 0 amide bonds. The highest BCUT2D eigenvalue weighted by Gasteiger charge is 2.23. The van der Waals surface area contributed by atoms with E-state index in [0.29, 0.717) is 6.04 Å². The molecule has 15 heavy (non-hydrogen) atoms. The van der Waals surface area contributed by atoms with Crippen LogP contribution in [0.25, 0.3) is 11.0 Å². The Hall–Kier alpha value is -1.65. The maximum Gasteiger partial charge on any atom is 0.163 e. The van der Waals surface area contributed by atoms with Crippen molar-refractivity contribution in [3.05, 3.63) is 12.0 Å². The smallest absolute Gasteiger partial charge is 0.163 e. The first kappa shape index (κ1) is 8.64. The van der Waals surface area contributed by atoms with E-state index in [2.05, 4.69) is 20.4 Å². The SMILES string of the molecule is Cc1nn(C)c2ncnc(NC3CC3)c12. The number of nitrogens with zero attached hydrogens (tertiary/aromatic N) is 4. The molecule has 3 rings (SSSR count). The van der Waals surface area contributed by atoms with E-state index in [9.17, 15) is 0 Å². The second kappa shape index (κ2) is 2.92. The van der Waals surface area contributed by atoms with Gasteiger partial charge in [0, 0.05) is 13.1 Å². The number of anilines is 1. The molecule has 0 radical (unpaired) electrons. The summed E-state index contributed by atoms with van der Waals surface area (Å²) in [5.41, 5.74) is 1.88. The zero-order valence-corrected chi connectivity index (χ0v) is 8.86. The Morgan fingerprint density at radius 2 is 2.20 bits per heavy atom. The predicted octanol–water partition coefficient (Wildman–Crippen LogP) is 1.25. The molecule has 2 aromatic heterocycles. The monoisotopic (exact) mass is 203 g/mol. The van der Waals surface area contributed by atoms with Crippen LogP contribution in [0.3, 0.4) is 0 Å². The zero-order valence-electron chi connectivity index (χ0n) is 8.86. The van der Waals surface area contributed by atoms with Crippen LogP contribution in [-0.2, 0) is 7.05 Å². The van der Waals surface area contributed by atoms with Gasteiger partial charge in [-0.25, -0.2) is 9.97 Å². The third kappa shape index (κ3) is 1.35. The van der Waals surface area contributed by atoms with E-state index in [0.717, 1.165) is 22.5 Å². The fraction of sp³-hybridized carbons (Fsp3) is 0.500. The molecule has 0 bridgehead atoms. The predicted molar refractivity (Wildman–Crippen MR) is 57.7 cm³/mol. The summed E-state index contributed by atoms with van der Waals surface area (Å²) in [6, 6.07) is 0.600. The van der Waals surface area contributed by atoms with Crippen molar-refractivity contribution in [3.63, 3.8) is 0 Å². The van der Waals surface area contributed by atoms with Crippen molar-refractivity contribution in [2.24, 2.45) is 7.05 Å². The summed E-state index contributed by atoms with van der Waals surface area (Å²) in [6.07, 6.45) is 4.07. The normalized spacial score (nSPS) is 15.9. The van der Waals surface area contributed by atoms with Gasteiger partial charge in [0.1, 0.15) is 12.1 Å². The molecule has 78 valence electrons. The highest BCUT2D eigenvalue weighted by Crippen LogP contribution is 2.28. The third-order valence-electron chi connectivity index (χ3n) is 2.71. The minimum atomic E-state index is 0.600. The number of fused-ring (bicyclic) bond motifs is 1. The number of nitrogens with one attached hydrogen (secondary N) is 1. The zero-order chi connectivity index (χ0) is 10.4. The fourth-order valence-corrected chi connectivity index (χ4v) is 1.81. The molecule has 1 N–H and O–H groups in total. The maximum absolute atomic E-state index is 4.35. The molecule has 1 fully saturated rings. The van der Waals surface area contributed by atoms with Crippen molar-refractivity contribution in [2.45, 2.75) is 25.8 Å². The van der Waals surface area contributed by atoms with E-state index < -0.39 is 0 Å². The Kier molecular flexibility index (Phi) is 1.68. The van der Waals surface area contributed by atoms with Gasteiger partial charge in [-0.15, -0.1) is 0 Å². The number of aromatic nitrogens is 4. The summed E-state index contributed by atoms with van der Waals surface area (Å²) in [5, 5.41) is 8.81. The largest absolute Gasteiger partial charge is 0.367 e. The number of aryl methyl sites for hydroxylation is 2. The lowest BCUT2D eigenvalue weighted by atomic mass is 10.3. The summed E-state index contributed by atoms with van der Waals surface area (Å²) in [7, 11) is 1.91. The summed E-state index contributed by atoms with van der Waals surface area (Å²) in [6.45, 7) is 1.99. The van der Waals surface area contributed by atoms with Gasteiger partial charge in [-0.3, -0.25) is 4.68 Å². The maximum atomic E-state index is 4.35. The Morgan fingerprint density at radius 3 is 2.93 bits per heavy atom. The lowest BCUT2D eigenvalue weighted by molar-refractivity contribution is 0.773. The summed E-state index contributed by atoms with van der Waals surface area (Å²) < 4.78 is 1.80. The quantitative estimate of drug-likeness (QED) is 0.798. The first-order valence-corrected chi connectivity index (χ1v) is 5.16. The van der Waals surface area contributed by atoms with Gasteiger partial charge in [0.2, 0.25) is 0 Å². The van der Waals surface area contributed by atoms with Crippen LogP contribution in [0.5, 0.6) is 0 Å². The topological polar surface area (TPSA) is 55.6 Å². The van der Waals surface area contributed by atoms with Crippen LogP contribution in [0.2, 0.25) is 0 Å². The van der Waals surface area contributed by atoms with Gasteiger partial charge in [-0.05, 0) is 19.8 Å². The second-order valence-corrected chi connectivity index (χ2v) is 4.05. The van der Waals surface area contributed by atoms with E-state index in [-0.39, 0.29) is 0 Å². The second-order valence-electron chi connectivity index (χ2n) is 4.05. The first-order valence-electron chi connectivity index (χ1n) is 5.16. The Bertz CT molecular complexity index is 512. The molecule has 0 aliphatic heterocycles. The van der Waals surface area contributed by atoms with E-state index in [1.54, 1.807) is 11.0 Å². The van der Waals surface area contributed by atoms with E-state index in [1.807, 2.05) is 14.0 Å². The fourth-order valence-electron chi connectivity index (χ4n) is 1.81. The molecular formula is C10H13N5. The van der Waals surface area contributed by atoms with E-state index in [4.69, 9.17) is 0 Å². The summed E-state index contributed by atoms with van der Waals surface area (Å²) >= 11 is 0. The molecule has 0 unspecified atom stereocenters. The van der Waals surface area contributed by atoms with Gasteiger partial charge in [0.05, 0.1) is 11.1 Å². The third-order valence-corrected chi connectivity index (χ3v) is 2.71. The summed E-state index contributed by atoms with van der Waals surface area (Å²) in [5.74, 6) is 0.924. The first-order chi connectivity index (χ1) is 7.25. The molecule has 0 spiro atoms. The standard InChI is InChI=1S/C10H13N5/c1-6-8-9(13-7-3-4-7)11-5-12-10(8)15(2)14-6/h5,7H,3-4H2,1-2H3,(H,11,12,13). The minimum absolute atomic E-state index is 0.600. The molecule has 0 aromatic carbocycles. The van der Waals surface area contributed by atoms with Crippen LogP contribution in [0, 0.1) is 6.92 Å². The Balaban J connectivity index is 2.18. The molecular weight excluding hydrogens is 190 g/mol. The van der Waals surface area contributed by atoms with Gasteiger partial charge in [0.15, 0.2) is 5.65 Å². The molecule has 2 heterocycles. The number of hydrogen-bond acceptors (Lipinski definition) is 4. The molecule has 5 nitrogen and oxygen atoms in total. The minimum Gasteiger partial charge on any atom is -0.367 e. The molecule has 5 heteroatoms. The van der Waals surface area contributed by atoms with Gasteiger partial charge in [0.25, 0.3) is 0 Å². The number of rotatable bonds is 2. The average molecular weight is 203 g/mol. The van der Waals surface area contributed by atoms with Crippen LogP contribution in [-0.4, -0.2) is 25.8 Å². The average Bonchev–Trinajstić information content (AvgIpc) is 2.96. The van der Waals surface area contributed by atoms with E-state index >= 15 is 0 Å². The van der Waals surface area contributed by atoms with Crippen LogP contribution in [0.15, 0.2) is 6.33 Å². The molecule has 2 aromatic rings. The van der Waals surface area contributed by atoms with E-state index in [1.165, 1.54) is 12.8 Å². The molecule has 0 atom stereocenters.